The lowest BCUT2D eigenvalue weighted by atomic mass is 9.99. The molecule has 0 spiro atoms. The Balaban J connectivity index is 1.66. The van der Waals surface area contributed by atoms with E-state index in [9.17, 15) is 4.79 Å². The largest absolute Gasteiger partial charge is 0.325 e. The van der Waals surface area contributed by atoms with Crippen LogP contribution in [0.15, 0.2) is 54.6 Å². The van der Waals surface area contributed by atoms with E-state index in [0.29, 0.717) is 0 Å². The molecule has 0 aromatic heterocycles. The number of nitrogens with one attached hydrogen (secondary N) is 1. The topological polar surface area (TPSA) is 32.3 Å². The van der Waals surface area contributed by atoms with E-state index in [1.807, 2.05) is 37.3 Å². The lowest BCUT2D eigenvalue weighted by Crippen LogP contribution is -2.44. The molecule has 0 aliphatic carbocycles. The summed E-state index contributed by atoms with van der Waals surface area (Å²) in [5.74, 6) is 0.0561. The number of anilines is 1. The van der Waals surface area contributed by atoms with Crippen LogP contribution in [0.5, 0.6) is 0 Å². The molecule has 0 saturated carbocycles. The standard InChI is InChI=1S/C18H20N2O/c1-14(18(21)19-17-9-3-2-4-10-17)20-12-11-15-7-5-6-8-16(15)13-20/h2-10,14H,11-13H2,1H3,(H,19,21)/t14-/m0/s1. The van der Waals surface area contributed by atoms with Crippen LogP contribution in [0.2, 0.25) is 0 Å². The van der Waals surface area contributed by atoms with Gasteiger partial charge in [-0.3, -0.25) is 9.69 Å². The minimum Gasteiger partial charge on any atom is -0.325 e. The maximum atomic E-state index is 12.4. The average molecular weight is 280 g/mol. The predicted octanol–water partition coefficient (Wildman–Crippen LogP) is 3.07. The van der Waals surface area contributed by atoms with Crippen molar-refractivity contribution < 1.29 is 4.79 Å². The second-order valence-corrected chi connectivity index (χ2v) is 5.52. The van der Waals surface area contributed by atoms with Gasteiger partial charge in [0.15, 0.2) is 0 Å². The molecule has 0 bridgehead atoms. The van der Waals surface area contributed by atoms with Crippen molar-refractivity contribution in [2.24, 2.45) is 0 Å². The molecule has 3 nitrogen and oxygen atoms in total. The Morgan fingerprint density at radius 1 is 1.05 bits per heavy atom. The van der Waals surface area contributed by atoms with Crippen LogP contribution in [0.4, 0.5) is 5.69 Å². The summed E-state index contributed by atoms with van der Waals surface area (Å²) in [4.78, 5) is 14.6. The molecule has 1 heterocycles. The van der Waals surface area contributed by atoms with E-state index in [4.69, 9.17) is 0 Å². The molecule has 1 atom stereocenters. The van der Waals surface area contributed by atoms with Gasteiger partial charge in [0.2, 0.25) is 5.91 Å². The second kappa shape index (κ2) is 6.10. The summed E-state index contributed by atoms with van der Waals surface area (Å²) in [6.07, 6.45) is 1.01. The summed E-state index contributed by atoms with van der Waals surface area (Å²) < 4.78 is 0. The third kappa shape index (κ3) is 3.14. The van der Waals surface area contributed by atoms with E-state index < -0.39 is 0 Å². The molecule has 21 heavy (non-hydrogen) atoms. The zero-order valence-corrected chi connectivity index (χ0v) is 12.3. The Hall–Kier alpha value is -2.13. The lowest BCUT2D eigenvalue weighted by Gasteiger charge is -2.32. The Morgan fingerprint density at radius 3 is 2.48 bits per heavy atom. The third-order valence-corrected chi connectivity index (χ3v) is 4.13. The first-order chi connectivity index (χ1) is 10.2. The van der Waals surface area contributed by atoms with Crippen LogP contribution in [0.1, 0.15) is 18.1 Å². The van der Waals surface area contributed by atoms with Crippen molar-refractivity contribution >= 4 is 11.6 Å². The fourth-order valence-electron chi connectivity index (χ4n) is 2.78. The first-order valence-electron chi connectivity index (χ1n) is 7.41. The fraction of sp³-hybridized carbons (Fsp3) is 0.278. The SMILES string of the molecule is C[C@@H](C(=O)Nc1ccccc1)N1CCc2ccccc2C1. The number of carbonyl (C=O) groups excluding carboxylic acids is 1. The molecule has 1 amide bonds. The zero-order chi connectivity index (χ0) is 14.7. The number of nitrogens with zero attached hydrogens (tertiary/aromatic N) is 1. The molecule has 0 unspecified atom stereocenters. The number of carbonyl (C=O) groups is 1. The van der Waals surface area contributed by atoms with Gasteiger partial charge in [-0.25, -0.2) is 0 Å². The van der Waals surface area contributed by atoms with E-state index in [1.54, 1.807) is 0 Å². The van der Waals surface area contributed by atoms with Crippen molar-refractivity contribution in [1.29, 1.82) is 0 Å². The second-order valence-electron chi connectivity index (χ2n) is 5.52. The van der Waals surface area contributed by atoms with Crippen LogP contribution in [-0.4, -0.2) is 23.4 Å². The highest BCUT2D eigenvalue weighted by atomic mass is 16.2. The van der Waals surface area contributed by atoms with Gasteiger partial charge in [-0.1, -0.05) is 42.5 Å². The number of fused-ring (bicyclic) bond motifs is 1. The summed E-state index contributed by atoms with van der Waals surface area (Å²) in [7, 11) is 0. The predicted molar refractivity (Wildman–Crippen MR) is 85.1 cm³/mol. The Morgan fingerprint density at radius 2 is 1.71 bits per heavy atom. The molecule has 2 aromatic rings. The van der Waals surface area contributed by atoms with Crippen LogP contribution in [0.3, 0.4) is 0 Å². The van der Waals surface area contributed by atoms with Crippen LogP contribution < -0.4 is 5.32 Å². The van der Waals surface area contributed by atoms with E-state index in [-0.39, 0.29) is 11.9 Å². The quantitative estimate of drug-likeness (QED) is 0.937. The molecule has 2 aromatic carbocycles. The molecule has 108 valence electrons. The minimum atomic E-state index is -0.126. The monoisotopic (exact) mass is 280 g/mol. The number of rotatable bonds is 3. The van der Waals surface area contributed by atoms with Crippen molar-refractivity contribution in [2.75, 3.05) is 11.9 Å². The molecule has 0 fully saturated rings. The van der Waals surface area contributed by atoms with Crippen LogP contribution >= 0.6 is 0 Å². The Kier molecular flexibility index (Phi) is 4.02. The van der Waals surface area contributed by atoms with Crippen molar-refractivity contribution in [1.82, 2.24) is 4.90 Å². The van der Waals surface area contributed by atoms with Gasteiger partial charge in [0.1, 0.15) is 0 Å². The summed E-state index contributed by atoms with van der Waals surface area (Å²) in [6, 6.07) is 18.0. The minimum absolute atomic E-state index is 0.0561. The zero-order valence-electron chi connectivity index (χ0n) is 12.3. The van der Waals surface area contributed by atoms with Gasteiger partial charge in [0.05, 0.1) is 6.04 Å². The maximum Gasteiger partial charge on any atom is 0.241 e. The Bertz CT molecular complexity index is 624. The smallest absolute Gasteiger partial charge is 0.241 e. The van der Waals surface area contributed by atoms with E-state index in [1.165, 1.54) is 11.1 Å². The first-order valence-corrected chi connectivity index (χ1v) is 7.41. The van der Waals surface area contributed by atoms with Gasteiger partial charge < -0.3 is 5.32 Å². The fourth-order valence-corrected chi connectivity index (χ4v) is 2.78. The molecule has 1 aliphatic heterocycles. The molecule has 3 rings (SSSR count). The van der Waals surface area contributed by atoms with Gasteiger partial charge in [-0.2, -0.15) is 0 Å². The van der Waals surface area contributed by atoms with Crippen molar-refractivity contribution in [2.45, 2.75) is 25.9 Å². The van der Waals surface area contributed by atoms with Gasteiger partial charge in [0, 0.05) is 18.8 Å². The normalized spacial score (nSPS) is 16.0. The van der Waals surface area contributed by atoms with Crippen LogP contribution in [-0.2, 0) is 17.8 Å². The summed E-state index contributed by atoms with van der Waals surface area (Å²) in [5.41, 5.74) is 3.60. The van der Waals surface area contributed by atoms with Crippen LogP contribution in [0.25, 0.3) is 0 Å². The first kappa shape index (κ1) is 13.8. The lowest BCUT2D eigenvalue weighted by molar-refractivity contribution is -0.121. The highest BCUT2D eigenvalue weighted by Gasteiger charge is 2.25. The molecule has 0 saturated heterocycles. The van der Waals surface area contributed by atoms with Crippen molar-refractivity contribution in [3.8, 4) is 0 Å². The average Bonchev–Trinajstić information content (AvgIpc) is 2.54. The summed E-state index contributed by atoms with van der Waals surface area (Å²) in [6.45, 7) is 3.76. The number of benzene rings is 2. The number of hydrogen-bond acceptors (Lipinski definition) is 2. The van der Waals surface area contributed by atoms with Crippen LogP contribution in [0, 0.1) is 0 Å². The highest BCUT2D eigenvalue weighted by Crippen LogP contribution is 2.20. The summed E-state index contributed by atoms with van der Waals surface area (Å²) >= 11 is 0. The molecule has 0 radical (unpaired) electrons. The molecule has 1 N–H and O–H groups in total. The third-order valence-electron chi connectivity index (χ3n) is 4.13. The number of para-hydroxylation sites is 1. The molecule has 1 aliphatic rings. The number of amides is 1. The van der Waals surface area contributed by atoms with Gasteiger partial charge >= 0.3 is 0 Å². The van der Waals surface area contributed by atoms with Crippen molar-refractivity contribution in [3.05, 3.63) is 65.7 Å². The molecule has 3 heteroatoms. The maximum absolute atomic E-state index is 12.4. The van der Waals surface area contributed by atoms with E-state index in [2.05, 4.69) is 34.5 Å². The molecular formula is C18H20N2O. The van der Waals surface area contributed by atoms with Gasteiger partial charge in [-0.15, -0.1) is 0 Å². The van der Waals surface area contributed by atoms with Gasteiger partial charge in [0.25, 0.3) is 0 Å². The molecular weight excluding hydrogens is 260 g/mol. The van der Waals surface area contributed by atoms with Crippen molar-refractivity contribution in [3.63, 3.8) is 0 Å². The number of hydrogen-bond donors (Lipinski definition) is 1. The summed E-state index contributed by atoms with van der Waals surface area (Å²) in [5, 5.41) is 2.98. The van der Waals surface area contributed by atoms with E-state index >= 15 is 0 Å². The van der Waals surface area contributed by atoms with E-state index in [0.717, 1.165) is 25.2 Å². The Labute approximate surface area is 125 Å². The highest BCUT2D eigenvalue weighted by molar-refractivity contribution is 5.94. The van der Waals surface area contributed by atoms with Gasteiger partial charge in [-0.05, 0) is 36.6 Å².